The lowest BCUT2D eigenvalue weighted by Gasteiger charge is -2.03. The van der Waals surface area contributed by atoms with E-state index in [1.165, 1.54) is 0 Å². The van der Waals surface area contributed by atoms with Crippen LogP contribution < -0.4 is 0 Å². The van der Waals surface area contributed by atoms with Gasteiger partial charge in [0.25, 0.3) is 0 Å². The van der Waals surface area contributed by atoms with Gasteiger partial charge in [-0.3, -0.25) is 4.79 Å². The van der Waals surface area contributed by atoms with E-state index in [0.717, 1.165) is 15.4 Å². The second-order valence-corrected chi connectivity index (χ2v) is 6.33. The Morgan fingerprint density at radius 3 is 2.81 bits per heavy atom. The van der Waals surface area contributed by atoms with Crippen molar-refractivity contribution in [2.75, 3.05) is 0 Å². The van der Waals surface area contributed by atoms with Crippen molar-refractivity contribution in [1.29, 1.82) is 0 Å². The highest BCUT2D eigenvalue weighted by Crippen LogP contribution is 2.25. The number of Topliss-reactive ketones (excluding diaryl/α,β-unsaturated/α-hetero) is 1. The van der Waals surface area contributed by atoms with Crippen molar-refractivity contribution in [2.24, 2.45) is 0 Å². The summed E-state index contributed by atoms with van der Waals surface area (Å²) in [4.78, 5) is 19.7. The lowest BCUT2D eigenvalue weighted by atomic mass is 10.0. The van der Waals surface area contributed by atoms with Gasteiger partial charge in [-0.1, -0.05) is 29.3 Å². The molecule has 21 heavy (non-hydrogen) atoms. The number of H-pyrrole nitrogens is 1. The van der Waals surface area contributed by atoms with Gasteiger partial charge in [0.05, 0.1) is 10.0 Å². The van der Waals surface area contributed by atoms with Crippen molar-refractivity contribution in [3.63, 3.8) is 0 Å². The number of benzene rings is 1. The quantitative estimate of drug-likeness (QED) is 0.642. The fraction of sp³-hybridized carbons (Fsp3) is 0.0667. The number of nitrogens with zero attached hydrogens (tertiary/aromatic N) is 1. The molecule has 0 saturated carbocycles. The van der Waals surface area contributed by atoms with Crippen LogP contribution in [0.2, 0.25) is 10.0 Å². The van der Waals surface area contributed by atoms with Crippen LogP contribution in [0.3, 0.4) is 0 Å². The van der Waals surface area contributed by atoms with E-state index < -0.39 is 0 Å². The third-order valence-electron chi connectivity index (χ3n) is 3.15. The van der Waals surface area contributed by atoms with Crippen molar-refractivity contribution in [2.45, 2.75) is 6.42 Å². The summed E-state index contributed by atoms with van der Waals surface area (Å²) in [6, 6.07) is 7.08. The molecule has 0 aliphatic heterocycles. The first-order valence-corrected chi connectivity index (χ1v) is 7.69. The Morgan fingerprint density at radius 2 is 2.05 bits per heavy atom. The Bertz CT molecular complexity index is 845. The summed E-state index contributed by atoms with van der Waals surface area (Å²) in [6.07, 6.45) is 3.63. The summed E-state index contributed by atoms with van der Waals surface area (Å²) in [5, 5.41) is 1.73. The number of hydrogen-bond donors (Lipinski definition) is 1. The van der Waals surface area contributed by atoms with Crippen molar-refractivity contribution < 1.29 is 4.79 Å². The topological polar surface area (TPSA) is 45.8 Å². The molecule has 0 amide bonds. The molecule has 3 nitrogen and oxygen atoms in total. The minimum Gasteiger partial charge on any atom is -0.345 e. The zero-order valence-corrected chi connectivity index (χ0v) is 13.8. The van der Waals surface area contributed by atoms with Crippen LogP contribution in [0.25, 0.3) is 11.0 Å². The average molecular weight is 384 g/mol. The van der Waals surface area contributed by atoms with Gasteiger partial charge >= 0.3 is 0 Å². The minimum atomic E-state index is -0.000427. The van der Waals surface area contributed by atoms with E-state index in [1.54, 1.807) is 30.6 Å². The van der Waals surface area contributed by atoms with Crippen molar-refractivity contribution in [3.8, 4) is 0 Å². The van der Waals surface area contributed by atoms with Crippen LogP contribution in [0.1, 0.15) is 15.9 Å². The van der Waals surface area contributed by atoms with E-state index >= 15 is 0 Å². The maximum atomic E-state index is 12.5. The third-order valence-corrected chi connectivity index (χ3v) is 4.32. The largest absolute Gasteiger partial charge is 0.345 e. The van der Waals surface area contributed by atoms with Gasteiger partial charge < -0.3 is 4.98 Å². The Labute approximate surface area is 139 Å². The van der Waals surface area contributed by atoms with E-state index in [9.17, 15) is 4.79 Å². The Kier molecular flexibility index (Phi) is 4.02. The maximum absolute atomic E-state index is 12.5. The second-order valence-electron chi connectivity index (χ2n) is 4.60. The Hall–Kier alpha value is -1.36. The van der Waals surface area contributed by atoms with Gasteiger partial charge in [0, 0.05) is 34.2 Å². The highest BCUT2D eigenvalue weighted by atomic mass is 79.9. The highest BCUT2D eigenvalue weighted by Gasteiger charge is 2.14. The molecule has 0 aliphatic rings. The summed E-state index contributed by atoms with van der Waals surface area (Å²) in [7, 11) is 0. The average Bonchev–Trinajstić information content (AvgIpc) is 2.86. The molecular formula is C15H9BrCl2N2O. The fourth-order valence-electron chi connectivity index (χ4n) is 2.14. The standard InChI is InChI=1S/C15H9BrCl2N2O/c16-9-5-10-11(7-20-15(10)19-6-9)14(21)4-8-1-2-12(17)13(18)3-8/h1-3,5-7H,4H2,(H,19,20). The van der Waals surface area contributed by atoms with E-state index in [-0.39, 0.29) is 12.2 Å². The first-order valence-electron chi connectivity index (χ1n) is 6.14. The molecule has 106 valence electrons. The SMILES string of the molecule is O=C(Cc1ccc(Cl)c(Cl)c1)c1c[nH]c2ncc(Br)cc12. The monoisotopic (exact) mass is 382 g/mol. The van der Waals surface area contributed by atoms with Gasteiger partial charge in [-0.05, 0) is 39.7 Å². The number of carbonyl (C=O) groups excluding carboxylic acids is 1. The summed E-state index contributed by atoms with van der Waals surface area (Å²) in [5.41, 5.74) is 2.13. The summed E-state index contributed by atoms with van der Waals surface area (Å²) < 4.78 is 0.832. The lowest BCUT2D eigenvalue weighted by molar-refractivity contribution is 0.0994. The normalized spacial score (nSPS) is 11.0. The number of nitrogens with one attached hydrogen (secondary N) is 1. The van der Waals surface area contributed by atoms with Crippen LogP contribution in [0.4, 0.5) is 0 Å². The summed E-state index contributed by atoms with van der Waals surface area (Å²) in [6.45, 7) is 0. The molecule has 3 aromatic rings. The third kappa shape index (κ3) is 2.98. The number of aromatic amines is 1. The van der Waals surface area contributed by atoms with Crippen LogP contribution in [0.5, 0.6) is 0 Å². The fourth-order valence-corrected chi connectivity index (χ4v) is 2.79. The molecule has 0 spiro atoms. The first-order chi connectivity index (χ1) is 10.0. The number of carbonyl (C=O) groups is 1. The van der Waals surface area contributed by atoms with E-state index in [4.69, 9.17) is 23.2 Å². The number of aromatic nitrogens is 2. The molecule has 1 aromatic carbocycles. The molecule has 0 bridgehead atoms. The highest BCUT2D eigenvalue weighted by molar-refractivity contribution is 9.10. The van der Waals surface area contributed by atoms with Gasteiger partial charge in [0.1, 0.15) is 5.65 Å². The van der Waals surface area contributed by atoms with Crippen molar-refractivity contribution in [3.05, 3.63) is 62.3 Å². The molecule has 2 heterocycles. The minimum absolute atomic E-state index is 0.000427. The van der Waals surface area contributed by atoms with E-state index in [1.807, 2.05) is 6.07 Å². The number of ketones is 1. The molecule has 0 radical (unpaired) electrons. The molecule has 0 saturated heterocycles. The van der Waals surface area contributed by atoms with Crippen LogP contribution in [-0.4, -0.2) is 15.8 Å². The van der Waals surface area contributed by atoms with E-state index in [2.05, 4.69) is 25.9 Å². The molecule has 0 aliphatic carbocycles. The summed E-state index contributed by atoms with van der Waals surface area (Å²) >= 11 is 15.2. The molecule has 1 N–H and O–H groups in total. The molecule has 0 unspecified atom stereocenters. The van der Waals surface area contributed by atoms with Crippen molar-refractivity contribution in [1.82, 2.24) is 9.97 Å². The Morgan fingerprint density at radius 1 is 1.24 bits per heavy atom. The lowest BCUT2D eigenvalue weighted by Crippen LogP contribution is -2.02. The molecule has 0 fully saturated rings. The van der Waals surface area contributed by atoms with Crippen LogP contribution >= 0.6 is 39.1 Å². The molecule has 2 aromatic heterocycles. The van der Waals surface area contributed by atoms with Crippen molar-refractivity contribution >= 4 is 55.9 Å². The van der Waals surface area contributed by atoms with Crippen LogP contribution in [-0.2, 0) is 6.42 Å². The number of halogens is 3. The van der Waals surface area contributed by atoms with Gasteiger partial charge in [0.2, 0.25) is 0 Å². The number of hydrogen-bond acceptors (Lipinski definition) is 2. The number of rotatable bonds is 3. The van der Waals surface area contributed by atoms with Crippen LogP contribution in [0.15, 0.2) is 41.1 Å². The van der Waals surface area contributed by atoms with Gasteiger partial charge in [-0.25, -0.2) is 4.98 Å². The zero-order chi connectivity index (χ0) is 15.0. The van der Waals surface area contributed by atoms with Gasteiger partial charge in [-0.2, -0.15) is 0 Å². The molecule has 0 atom stereocenters. The number of pyridine rings is 1. The summed E-state index contributed by atoms with van der Waals surface area (Å²) in [5.74, 6) is -0.000427. The number of fused-ring (bicyclic) bond motifs is 1. The first kappa shape index (κ1) is 14.6. The van der Waals surface area contributed by atoms with Gasteiger partial charge in [0.15, 0.2) is 5.78 Å². The maximum Gasteiger partial charge on any atom is 0.169 e. The predicted octanol–water partition coefficient (Wildman–Crippen LogP) is 5.06. The molecular weight excluding hydrogens is 375 g/mol. The molecule has 6 heteroatoms. The van der Waals surface area contributed by atoms with Gasteiger partial charge in [-0.15, -0.1) is 0 Å². The second kappa shape index (κ2) is 5.79. The zero-order valence-electron chi connectivity index (χ0n) is 10.7. The molecule has 3 rings (SSSR count). The smallest absolute Gasteiger partial charge is 0.169 e. The predicted molar refractivity (Wildman–Crippen MR) is 88.3 cm³/mol. The van der Waals surface area contributed by atoms with Crippen LogP contribution in [0, 0.1) is 0 Å². The van der Waals surface area contributed by atoms with E-state index in [0.29, 0.717) is 21.3 Å². The Balaban J connectivity index is 1.93.